The van der Waals surface area contributed by atoms with Crippen LogP contribution in [0.5, 0.6) is 0 Å². The molecular formula is C35H37NO3. The molecule has 3 aromatic rings. The lowest BCUT2D eigenvalue weighted by molar-refractivity contribution is -0.126. The number of hydrogen-bond donors (Lipinski definition) is 0. The number of carbonyl (C=O) groups is 2. The number of fused-ring (bicyclic) bond motifs is 1. The maximum Gasteiger partial charge on any atom is 0.292 e. The van der Waals surface area contributed by atoms with E-state index in [1.165, 1.54) is 40.5 Å². The third-order valence-corrected chi connectivity index (χ3v) is 7.66. The Kier molecular flexibility index (Phi) is 8.65. The van der Waals surface area contributed by atoms with Gasteiger partial charge in [0.1, 0.15) is 5.78 Å². The van der Waals surface area contributed by atoms with Gasteiger partial charge in [0.2, 0.25) is 0 Å². The Hall–Kier alpha value is -4.18. The minimum Gasteiger partial charge on any atom is -0.471 e. The van der Waals surface area contributed by atoms with Crippen LogP contribution >= 0.6 is 0 Å². The SMILES string of the molecule is C=C1C(c2cccc(CC)c2)=CC=C2C(C(C)=O)[C@H](c3ccc(C)cc3)[C@H](c3ccc(C)cc3)N12.COC=O. The predicted octanol–water partition coefficient (Wildman–Crippen LogP) is 7.50. The van der Waals surface area contributed by atoms with E-state index in [-0.39, 0.29) is 23.7 Å². The van der Waals surface area contributed by atoms with Gasteiger partial charge in [0.05, 0.1) is 19.1 Å². The predicted molar refractivity (Wildman–Crippen MR) is 158 cm³/mol. The van der Waals surface area contributed by atoms with Crippen molar-refractivity contribution in [2.45, 2.75) is 46.1 Å². The smallest absolute Gasteiger partial charge is 0.292 e. The molecular weight excluding hydrogens is 482 g/mol. The molecule has 0 saturated carbocycles. The fourth-order valence-corrected chi connectivity index (χ4v) is 5.71. The molecule has 0 bridgehead atoms. The molecule has 5 rings (SSSR count). The van der Waals surface area contributed by atoms with E-state index in [0.29, 0.717) is 6.47 Å². The lowest BCUT2D eigenvalue weighted by Crippen LogP contribution is -2.25. The van der Waals surface area contributed by atoms with Crippen LogP contribution in [0.25, 0.3) is 5.57 Å². The van der Waals surface area contributed by atoms with Crippen molar-refractivity contribution in [3.8, 4) is 0 Å². The van der Waals surface area contributed by atoms with Gasteiger partial charge in [-0.15, -0.1) is 0 Å². The summed E-state index contributed by atoms with van der Waals surface area (Å²) in [6, 6.07) is 26.1. The van der Waals surface area contributed by atoms with Gasteiger partial charge in [-0.3, -0.25) is 9.59 Å². The van der Waals surface area contributed by atoms with Crippen LogP contribution in [0, 0.1) is 19.8 Å². The maximum atomic E-state index is 13.2. The Bertz CT molecular complexity index is 1410. The molecule has 3 atom stereocenters. The van der Waals surface area contributed by atoms with Crippen molar-refractivity contribution in [1.29, 1.82) is 0 Å². The summed E-state index contributed by atoms with van der Waals surface area (Å²) in [5.74, 6) is -0.0202. The van der Waals surface area contributed by atoms with Gasteiger partial charge >= 0.3 is 0 Å². The van der Waals surface area contributed by atoms with E-state index >= 15 is 0 Å². The quantitative estimate of drug-likeness (QED) is 0.317. The van der Waals surface area contributed by atoms with Crippen LogP contribution in [0.1, 0.15) is 59.2 Å². The lowest BCUT2D eigenvalue weighted by atomic mass is 9.79. The average molecular weight is 520 g/mol. The number of ether oxygens (including phenoxy) is 1. The molecule has 0 radical (unpaired) electrons. The van der Waals surface area contributed by atoms with Crippen molar-refractivity contribution < 1.29 is 14.3 Å². The van der Waals surface area contributed by atoms with Gasteiger partial charge in [0.25, 0.3) is 6.47 Å². The number of aryl methyl sites for hydroxylation is 3. The van der Waals surface area contributed by atoms with E-state index in [1.54, 1.807) is 6.92 Å². The summed E-state index contributed by atoms with van der Waals surface area (Å²) in [5, 5.41) is 0. The summed E-state index contributed by atoms with van der Waals surface area (Å²) in [6.07, 6.45) is 5.30. The summed E-state index contributed by atoms with van der Waals surface area (Å²) >= 11 is 0. The summed E-state index contributed by atoms with van der Waals surface area (Å²) in [4.78, 5) is 24.5. The van der Waals surface area contributed by atoms with Crippen LogP contribution in [0.15, 0.2) is 103 Å². The minimum absolute atomic E-state index is 0.00790. The van der Waals surface area contributed by atoms with Gasteiger partial charge in [-0.1, -0.05) is 104 Å². The van der Waals surface area contributed by atoms with Gasteiger partial charge in [-0.2, -0.15) is 0 Å². The van der Waals surface area contributed by atoms with Crippen LogP contribution in [-0.4, -0.2) is 24.3 Å². The molecule has 2 aliphatic heterocycles. The second-order valence-corrected chi connectivity index (χ2v) is 10.3. The van der Waals surface area contributed by atoms with E-state index in [4.69, 9.17) is 4.79 Å². The Balaban J connectivity index is 0.000000826. The fourth-order valence-electron chi connectivity index (χ4n) is 5.71. The highest BCUT2D eigenvalue weighted by molar-refractivity contribution is 5.87. The Morgan fingerprint density at radius 3 is 2.08 bits per heavy atom. The van der Waals surface area contributed by atoms with E-state index in [9.17, 15) is 4.79 Å². The molecule has 39 heavy (non-hydrogen) atoms. The van der Waals surface area contributed by atoms with Crippen molar-refractivity contribution in [2.75, 3.05) is 7.11 Å². The average Bonchev–Trinajstić information content (AvgIpc) is 3.30. The molecule has 2 aliphatic rings. The molecule has 0 amide bonds. The molecule has 4 nitrogen and oxygen atoms in total. The summed E-state index contributed by atoms with van der Waals surface area (Å²) in [5.41, 5.74) is 10.5. The second-order valence-electron chi connectivity index (χ2n) is 10.3. The Labute approximate surface area is 232 Å². The first-order valence-electron chi connectivity index (χ1n) is 13.4. The van der Waals surface area contributed by atoms with Crippen LogP contribution in [0.3, 0.4) is 0 Å². The molecule has 0 N–H and O–H groups in total. The molecule has 4 heteroatoms. The first-order chi connectivity index (χ1) is 18.8. The third-order valence-electron chi connectivity index (χ3n) is 7.66. The first kappa shape index (κ1) is 27.8. The summed E-state index contributed by atoms with van der Waals surface area (Å²) < 4.78 is 3.86. The summed E-state index contributed by atoms with van der Waals surface area (Å²) in [6.45, 7) is 13.1. The highest BCUT2D eigenvalue weighted by Crippen LogP contribution is 2.56. The first-order valence-corrected chi connectivity index (χ1v) is 13.4. The zero-order valence-corrected chi connectivity index (χ0v) is 23.5. The van der Waals surface area contributed by atoms with Crippen LogP contribution in [0.2, 0.25) is 0 Å². The van der Waals surface area contributed by atoms with Crippen molar-refractivity contribution in [1.82, 2.24) is 4.90 Å². The molecule has 200 valence electrons. The van der Waals surface area contributed by atoms with Gasteiger partial charge in [0.15, 0.2) is 0 Å². The van der Waals surface area contributed by atoms with Gasteiger partial charge in [-0.25, -0.2) is 0 Å². The normalized spacial score (nSPS) is 19.8. The third kappa shape index (κ3) is 5.65. The van der Waals surface area contributed by atoms with Crippen LogP contribution in [-0.2, 0) is 20.7 Å². The van der Waals surface area contributed by atoms with Crippen LogP contribution < -0.4 is 0 Å². The molecule has 0 aromatic heterocycles. The molecule has 1 saturated heterocycles. The van der Waals surface area contributed by atoms with Crippen molar-refractivity contribution >= 4 is 17.8 Å². The highest BCUT2D eigenvalue weighted by atomic mass is 16.5. The van der Waals surface area contributed by atoms with Gasteiger partial charge in [-0.05, 0) is 55.5 Å². The monoisotopic (exact) mass is 519 g/mol. The van der Waals surface area contributed by atoms with E-state index < -0.39 is 0 Å². The highest BCUT2D eigenvalue weighted by Gasteiger charge is 2.50. The number of nitrogens with zero attached hydrogens (tertiary/aromatic N) is 1. The number of methoxy groups -OCH3 is 1. The molecule has 1 unspecified atom stereocenters. The van der Waals surface area contributed by atoms with Gasteiger partial charge < -0.3 is 9.64 Å². The molecule has 3 aromatic carbocycles. The van der Waals surface area contributed by atoms with Crippen LogP contribution in [0.4, 0.5) is 0 Å². The number of carbonyl (C=O) groups excluding carboxylic acids is 2. The molecule has 1 fully saturated rings. The van der Waals surface area contributed by atoms with E-state index in [2.05, 4.69) is 122 Å². The number of hydrogen-bond acceptors (Lipinski definition) is 4. The Morgan fingerprint density at radius 2 is 1.54 bits per heavy atom. The minimum atomic E-state index is -0.222. The number of Topliss-reactive ketones (excluding diaryl/α,β-unsaturated/α-hetero) is 1. The number of allylic oxidation sites excluding steroid dienone is 4. The number of ketones is 1. The van der Waals surface area contributed by atoms with E-state index in [0.717, 1.165) is 23.4 Å². The topological polar surface area (TPSA) is 46.6 Å². The van der Waals surface area contributed by atoms with Gasteiger partial charge in [0, 0.05) is 22.9 Å². The standard InChI is InChI=1S/C33H33NO.C2H4O2/c1-6-25-8-7-9-28(20-25)29-18-19-30-31(24(5)35)32(26-14-10-21(2)11-15-26)33(34(30)23(29)4)27-16-12-22(3)13-17-27;1-4-2-3/h7-20,31-33H,4,6H2,1-3,5H3;2H,1H3/t31?,32-,33-;/m0./s1. The molecule has 0 aliphatic carbocycles. The van der Waals surface area contributed by atoms with Crippen molar-refractivity contribution in [3.05, 3.63) is 136 Å². The molecule has 0 spiro atoms. The lowest BCUT2D eigenvalue weighted by Gasteiger charge is -2.35. The zero-order valence-electron chi connectivity index (χ0n) is 23.5. The zero-order chi connectivity index (χ0) is 28.1. The summed E-state index contributed by atoms with van der Waals surface area (Å²) in [7, 11) is 1.31. The molecule has 2 heterocycles. The van der Waals surface area contributed by atoms with Crippen molar-refractivity contribution in [3.63, 3.8) is 0 Å². The Morgan fingerprint density at radius 1 is 0.949 bits per heavy atom. The van der Waals surface area contributed by atoms with E-state index in [1.807, 2.05) is 0 Å². The fraction of sp³-hybridized carbons (Fsp3) is 0.257. The number of benzene rings is 3. The second kappa shape index (κ2) is 12.1. The maximum absolute atomic E-state index is 13.2. The van der Waals surface area contributed by atoms with Crippen molar-refractivity contribution in [2.24, 2.45) is 5.92 Å². The largest absolute Gasteiger partial charge is 0.471 e. The number of rotatable bonds is 6.